The van der Waals surface area contributed by atoms with Crippen LogP contribution in [0.4, 0.5) is 0 Å². The summed E-state index contributed by atoms with van der Waals surface area (Å²) in [6, 6.07) is 34.4. The molecule has 0 amide bonds. The number of allylic oxidation sites excluding steroid dienone is 2. The number of hydrogen-bond acceptors (Lipinski definition) is 3. The Labute approximate surface area is 267 Å². The van der Waals surface area contributed by atoms with Crippen LogP contribution in [0, 0.1) is 22.7 Å². The molecule has 3 heteroatoms. The SMILES string of the molecule is C/C=C\c1c(CC)c(-c2cccc3oc4cc(-c5c6c(c(C#N)c7ccccc57)CCC=C6)ccc4c23)c2ccccc2c1C#N. The van der Waals surface area contributed by atoms with Crippen LogP contribution in [0.1, 0.15) is 53.6 Å². The summed E-state index contributed by atoms with van der Waals surface area (Å²) in [6.45, 7) is 4.17. The third kappa shape index (κ3) is 3.96. The molecule has 0 unspecified atom stereocenters. The van der Waals surface area contributed by atoms with E-state index >= 15 is 0 Å². The van der Waals surface area contributed by atoms with Crippen molar-refractivity contribution in [3.63, 3.8) is 0 Å². The molecule has 1 aliphatic rings. The van der Waals surface area contributed by atoms with Gasteiger partial charge in [0.25, 0.3) is 0 Å². The van der Waals surface area contributed by atoms with Gasteiger partial charge in [0.15, 0.2) is 0 Å². The number of fused-ring (bicyclic) bond motifs is 6. The molecular weight excluding hydrogens is 560 g/mol. The molecule has 7 aromatic rings. The maximum atomic E-state index is 10.3. The highest BCUT2D eigenvalue weighted by Gasteiger charge is 2.24. The van der Waals surface area contributed by atoms with Crippen molar-refractivity contribution in [3.8, 4) is 34.4 Å². The van der Waals surface area contributed by atoms with Gasteiger partial charge < -0.3 is 4.42 Å². The Balaban J connectivity index is 1.43. The third-order valence-corrected chi connectivity index (χ3v) is 9.54. The van der Waals surface area contributed by atoms with Gasteiger partial charge >= 0.3 is 0 Å². The van der Waals surface area contributed by atoms with Crippen LogP contribution in [0.15, 0.2) is 101 Å². The van der Waals surface area contributed by atoms with Crippen molar-refractivity contribution in [3.05, 3.63) is 130 Å². The zero-order chi connectivity index (χ0) is 31.4. The topological polar surface area (TPSA) is 60.7 Å². The molecule has 8 rings (SSSR count). The summed E-state index contributed by atoms with van der Waals surface area (Å²) >= 11 is 0. The smallest absolute Gasteiger partial charge is 0.136 e. The fraction of sp³-hybridized carbons (Fsp3) is 0.116. The molecule has 46 heavy (non-hydrogen) atoms. The minimum atomic E-state index is 0.718. The van der Waals surface area contributed by atoms with Crippen molar-refractivity contribution in [2.45, 2.75) is 33.1 Å². The van der Waals surface area contributed by atoms with E-state index in [-0.39, 0.29) is 0 Å². The average Bonchev–Trinajstić information content (AvgIpc) is 3.48. The largest absolute Gasteiger partial charge is 0.456 e. The number of nitrogens with zero attached hydrogens (tertiary/aromatic N) is 2. The van der Waals surface area contributed by atoms with E-state index in [9.17, 15) is 10.5 Å². The summed E-state index contributed by atoms with van der Waals surface area (Å²) in [5.74, 6) is 0. The van der Waals surface area contributed by atoms with Gasteiger partial charge in [0.05, 0.1) is 11.1 Å². The Hall–Kier alpha value is -5.90. The molecule has 0 N–H and O–H groups in total. The second-order valence-electron chi connectivity index (χ2n) is 11.9. The average molecular weight is 591 g/mol. The van der Waals surface area contributed by atoms with Crippen LogP contribution in [-0.4, -0.2) is 0 Å². The number of benzene rings is 6. The van der Waals surface area contributed by atoms with E-state index in [0.29, 0.717) is 0 Å². The van der Waals surface area contributed by atoms with Gasteiger partial charge in [-0.2, -0.15) is 10.5 Å². The molecule has 6 aromatic carbocycles. The Morgan fingerprint density at radius 3 is 2.20 bits per heavy atom. The lowest BCUT2D eigenvalue weighted by molar-refractivity contribution is 0.669. The maximum absolute atomic E-state index is 10.3. The van der Waals surface area contributed by atoms with Crippen molar-refractivity contribution in [2.75, 3.05) is 0 Å². The first-order valence-corrected chi connectivity index (χ1v) is 15.9. The highest BCUT2D eigenvalue weighted by Crippen LogP contribution is 2.46. The lowest BCUT2D eigenvalue weighted by atomic mass is 9.82. The zero-order valence-electron chi connectivity index (χ0n) is 25.8. The van der Waals surface area contributed by atoms with Gasteiger partial charge in [-0.25, -0.2) is 0 Å². The summed E-state index contributed by atoms with van der Waals surface area (Å²) in [4.78, 5) is 0. The standard InChI is InChI=1S/C43H30N2O/c1-3-12-28-27(4-2)42(34-18-10-7-15-31(34)37(28)24-44)36-19-11-20-39-43(36)35-22-21-26(23-40(35)46-39)41-32-16-8-5-13-29(32)38(25-45)30-14-6-9-17-33(30)41/h3,5,7-13,15-23H,4,6,14H2,1-2H3/b12-3-. The van der Waals surface area contributed by atoms with E-state index in [4.69, 9.17) is 4.42 Å². The molecule has 0 saturated carbocycles. The molecule has 0 aliphatic heterocycles. The van der Waals surface area contributed by atoms with Gasteiger partial charge in [-0.05, 0) is 99.7 Å². The molecule has 218 valence electrons. The van der Waals surface area contributed by atoms with E-state index in [1.807, 2.05) is 37.3 Å². The van der Waals surface area contributed by atoms with Gasteiger partial charge in [-0.15, -0.1) is 0 Å². The number of hydrogen-bond donors (Lipinski definition) is 0. The quantitative estimate of drug-likeness (QED) is 0.205. The maximum Gasteiger partial charge on any atom is 0.136 e. The summed E-state index contributed by atoms with van der Waals surface area (Å²) in [5.41, 5.74) is 12.0. The second kappa shape index (κ2) is 10.9. The third-order valence-electron chi connectivity index (χ3n) is 9.54. The Morgan fingerprint density at radius 1 is 0.761 bits per heavy atom. The van der Waals surface area contributed by atoms with Crippen LogP contribution in [0.3, 0.4) is 0 Å². The normalized spacial score (nSPS) is 12.7. The first kappa shape index (κ1) is 27.6. The monoisotopic (exact) mass is 590 g/mol. The predicted molar refractivity (Wildman–Crippen MR) is 190 cm³/mol. The van der Waals surface area contributed by atoms with E-state index in [1.165, 1.54) is 0 Å². The van der Waals surface area contributed by atoms with Crippen molar-refractivity contribution in [1.82, 2.24) is 0 Å². The Morgan fingerprint density at radius 2 is 1.48 bits per heavy atom. The van der Waals surface area contributed by atoms with Gasteiger partial charge in [-0.1, -0.05) is 98.0 Å². The first-order chi connectivity index (χ1) is 22.7. The number of furan rings is 1. The van der Waals surface area contributed by atoms with E-state index in [0.717, 1.165) is 118 Å². The van der Waals surface area contributed by atoms with Crippen LogP contribution in [0.2, 0.25) is 0 Å². The molecule has 0 atom stereocenters. The molecule has 1 heterocycles. The molecule has 0 bridgehead atoms. The molecule has 0 spiro atoms. The molecule has 1 aromatic heterocycles. The van der Waals surface area contributed by atoms with Crippen molar-refractivity contribution in [1.29, 1.82) is 10.5 Å². The van der Waals surface area contributed by atoms with Crippen LogP contribution in [0.25, 0.3) is 77.9 Å². The molecular formula is C43H30N2O. The van der Waals surface area contributed by atoms with Gasteiger partial charge in [0, 0.05) is 21.5 Å². The molecule has 0 radical (unpaired) electrons. The summed E-state index contributed by atoms with van der Waals surface area (Å²) < 4.78 is 6.65. The molecule has 3 nitrogen and oxygen atoms in total. The first-order valence-electron chi connectivity index (χ1n) is 15.9. The second-order valence-corrected chi connectivity index (χ2v) is 11.9. The lowest BCUT2D eigenvalue weighted by Crippen LogP contribution is -2.02. The zero-order valence-corrected chi connectivity index (χ0v) is 25.8. The summed E-state index contributed by atoms with van der Waals surface area (Å²) in [7, 11) is 0. The van der Waals surface area contributed by atoms with Crippen LogP contribution in [-0.2, 0) is 12.8 Å². The highest BCUT2D eigenvalue weighted by atomic mass is 16.3. The van der Waals surface area contributed by atoms with Crippen molar-refractivity contribution >= 4 is 55.6 Å². The van der Waals surface area contributed by atoms with Crippen molar-refractivity contribution < 1.29 is 4.42 Å². The molecule has 0 fully saturated rings. The Kier molecular flexibility index (Phi) is 6.56. The van der Waals surface area contributed by atoms with Crippen molar-refractivity contribution in [2.24, 2.45) is 0 Å². The minimum Gasteiger partial charge on any atom is -0.456 e. The van der Waals surface area contributed by atoms with Gasteiger partial charge in [-0.3, -0.25) is 0 Å². The van der Waals surface area contributed by atoms with Crippen LogP contribution in [0.5, 0.6) is 0 Å². The summed E-state index contributed by atoms with van der Waals surface area (Å²) in [6.07, 6.45) is 11.1. The Bertz CT molecular complexity index is 2550. The van der Waals surface area contributed by atoms with Crippen LogP contribution < -0.4 is 0 Å². The lowest BCUT2D eigenvalue weighted by Gasteiger charge is -2.20. The predicted octanol–water partition coefficient (Wildman–Crippen LogP) is 11.5. The van der Waals surface area contributed by atoms with E-state index in [1.54, 1.807) is 0 Å². The summed E-state index contributed by atoms with van der Waals surface area (Å²) in [5, 5.41) is 26.7. The van der Waals surface area contributed by atoms with Crippen LogP contribution >= 0.6 is 0 Å². The molecule has 1 aliphatic carbocycles. The fourth-order valence-electron chi connectivity index (χ4n) is 7.67. The number of rotatable bonds is 4. The number of nitriles is 2. The highest BCUT2D eigenvalue weighted by molar-refractivity contribution is 6.18. The van der Waals surface area contributed by atoms with E-state index in [2.05, 4.69) is 98.0 Å². The minimum absolute atomic E-state index is 0.718. The molecule has 0 saturated heterocycles. The fourth-order valence-corrected chi connectivity index (χ4v) is 7.67. The van der Waals surface area contributed by atoms with E-state index < -0.39 is 0 Å². The van der Waals surface area contributed by atoms with Gasteiger partial charge in [0.1, 0.15) is 23.3 Å². The van der Waals surface area contributed by atoms with Gasteiger partial charge in [0.2, 0.25) is 0 Å².